The van der Waals surface area contributed by atoms with E-state index in [2.05, 4.69) is 31.4 Å². The van der Waals surface area contributed by atoms with Gasteiger partial charge in [0.25, 0.3) is 0 Å². The highest BCUT2D eigenvalue weighted by Gasteiger charge is 2.19. The number of nitrogens with one attached hydrogen (secondary N) is 1. The van der Waals surface area contributed by atoms with Gasteiger partial charge in [-0.25, -0.2) is 0 Å². The minimum absolute atomic E-state index is 0.177. The standard InChI is InChI=1S/C21H22BrClN4O3S/c1-4-27-20(13(2)30-16-8-6-15(29-3)7-9-16)25-26-21(27)31-12-19(28)24-18-10-5-14(22)11-17(18)23/h5-11,13H,4,12H2,1-3H3,(H,24,28). The topological polar surface area (TPSA) is 78.3 Å². The molecule has 0 spiro atoms. The number of thioether (sulfide) groups is 1. The van der Waals surface area contributed by atoms with E-state index in [-0.39, 0.29) is 17.8 Å². The molecular weight excluding hydrogens is 504 g/mol. The highest BCUT2D eigenvalue weighted by molar-refractivity contribution is 9.10. The van der Waals surface area contributed by atoms with Crippen LogP contribution in [0.1, 0.15) is 25.8 Å². The third-order valence-corrected chi connectivity index (χ3v) is 6.11. The van der Waals surface area contributed by atoms with Crippen molar-refractivity contribution in [3.05, 3.63) is 57.8 Å². The van der Waals surface area contributed by atoms with Crippen molar-refractivity contribution in [2.24, 2.45) is 0 Å². The molecule has 0 bridgehead atoms. The van der Waals surface area contributed by atoms with Gasteiger partial charge in [-0.05, 0) is 56.3 Å². The largest absolute Gasteiger partial charge is 0.497 e. The summed E-state index contributed by atoms with van der Waals surface area (Å²) < 4.78 is 14.0. The summed E-state index contributed by atoms with van der Waals surface area (Å²) in [7, 11) is 1.62. The van der Waals surface area contributed by atoms with Crippen molar-refractivity contribution >= 4 is 50.9 Å². The molecule has 0 aliphatic heterocycles. The van der Waals surface area contributed by atoms with Crippen LogP contribution in [0.2, 0.25) is 5.02 Å². The van der Waals surface area contributed by atoms with Gasteiger partial charge in [-0.2, -0.15) is 0 Å². The molecule has 10 heteroatoms. The molecule has 0 saturated carbocycles. The summed E-state index contributed by atoms with van der Waals surface area (Å²) in [5.41, 5.74) is 0.564. The first-order valence-corrected chi connectivity index (χ1v) is 11.7. The van der Waals surface area contributed by atoms with Crippen LogP contribution in [-0.2, 0) is 11.3 Å². The minimum Gasteiger partial charge on any atom is -0.497 e. The number of nitrogens with zero attached hydrogens (tertiary/aromatic N) is 3. The monoisotopic (exact) mass is 524 g/mol. The van der Waals surface area contributed by atoms with Crippen molar-refractivity contribution in [2.45, 2.75) is 31.7 Å². The van der Waals surface area contributed by atoms with Gasteiger partial charge >= 0.3 is 0 Å². The molecule has 3 aromatic rings. The Balaban J connectivity index is 1.62. The summed E-state index contributed by atoms with van der Waals surface area (Å²) in [6.45, 7) is 4.57. The number of hydrogen-bond acceptors (Lipinski definition) is 6. The Labute approximate surface area is 198 Å². The molecule has 164 valence electrons. The maximum absolute atomic E-state index is 12.4. The van der Waals surface area contributed by atoms with Crippen LogP contribution in [0.3, 0.4) is 0 Å². The Hall–Kier alpha value is -2.23. The van der Waals surface area contributed by atoms with E-state index >= 15 is 0 Å². The SMILES string of the molecule is CCn1c(SCC(=O)Nc2ccc(Br)cc2Cl)nnc1C(C)Oc1ccc(OC)cc1. The zero-order valence-electron chi connectivity index (χ0n) is 17.3. The molecule has 1 N–H and O–H groups in total. The summed E-state index contributed by atoms with van der Waals surface area (Å²) in [4.78, 5) is 12.4. The second-order valence-electron chi connectivity index (χ2n) is 6.48. The lowest BCUT2D eigenvalue weighted by Gasteiger charge is -2.16. The Kier molecular flexibility index (Phi) is 8.22. The summed E-state index contributed by atoms with van der Waals surface area (Å²) >= 11 is 10.8. The highest BCUT2D eigenvalue weighted by atomic mass is 79.9. The molecule has 0 aliphatic carbocycles. The van der Waals surface area contributed by atoms with E-state index in [4.69, 9.17) is 21.1 Å². The molecule has 0 radical (unpaired) electrons. The molecule has 31 heavy (non-hydrogen) atoms. The fraction of sp³-hybridized carbons (Fsp3) is 0.286. The average Bonchev–Trinajstić information content (AvgIpc) is 3.18. The van der Waals surface area contributed by atoms with Crippen molar-refractivity contribution in [2.75, 3.05) is 18.2 Å². The molecule has 2 aromatic carbocycles. The van der Waals surface area contributed by atoms with Crippen molar-refractivity contribution in [1.82, 2.24) is 14.8 Å². The third-order valence-electron chi connectivity index (χ3n) is 4.34. The smallest absolute Gasteiger partial charge is 0.234 e. The van der Waals surface area contributed by atoms with Gasteiger partial charge in [-0.3, -0.25) is 4.79 Å². The molecule has 1 aromatic heterocycles. The number of rotatable bonds is 9. The van der Waals surface area contributed by atoms with Gasteiger partial charge in [0, 0.05) is 11.0 Å². The number of ether oxygens (including phenoxy) is 2. The Morgan fingerprint density at radius 1 is 1.23 bits per heavy atom. The average molecular weight is 526 g/mol. The molecule has 1 unspecified atom stereocenters. The molecule has 7 nitrogen and oxygen atoms in total. The van der Waals surface area contributed by atoms with E-state index in [1.165, 1.54) is 11.8 Å². The maximum Gasteiger partial charge on any atom is 0.234 e. The van der Waals surface area contributed by atoms with Crippen LogP contribution in [-0.4, -0.2) is 33.5 Å². The van der Waals surface area contributed by atoms with Crippen LogP contribution in [0.25, 0.3) is 0 Å². The molecule has 0 saturated heterocycles. The Morgan fingerprint density at radius 2 is 1.94 bits per heavy atom. The predicted octanol–water partition coefficient (Wildman–Crippen LogP) is 5.59. The van der Waals surface area contributed by atoms with Crippen LogP contribution in [0, 0.1) is 0 Å². The van der Waals surface area contributed by atoms with E-state index in [0.29, 0.717) is 34.0 Å². The summed E-state index contributed by atoms with van der Waals surface area (Å²) in [6, 6.07) is 12.7. The lowest BCUT2D eigenvalue weighted by molar-refractivity contribution is -0.113. The van der Waals surface area contributed by atoms with Crippen LogP contribution in [0.5, 0.6) is 11.5 Å². The van der Waals surface area contributed by atoms with Crippen molar-refractivity contribution in [1.29, 1.82) is 0 Å². The molecule has 3 rings (SSSR count). The number of carbonyl (C=O) groups excluding carboxylic acids is 1. The van der Waals surface area contributed by atoms with Crippen molar-refractivity contribution in [3.63, 3.8) is 0 Å². The Morgan fingerprint density at radius 3 is 2.58 bits per heavy atom. The summed E-state index contributed by atoms with van der Waals surface area (Å²) in [6.07, 6.45) is -0.314. The number of amides is 1. The van der Waals surface area contributed by atoms with Crippen LogP contribution < -0.4 is 14.8 Å². The van der Waals surface area contributed by atoms with Gasteiger partial charge in [0.15, 0.2) is 17.1 Å². The Bertz CT molecular complexity index is 1050. The van der Waals surface area contributed by atoms with E-state index in [0.717, 1.165) is 10.2 Å². The van der Waals surface area contributed by atoms with Crippen LogP contribution in [0.15, 0.2) is 52.1 Å². The summed E-state index contributed by atoms with van der Waals surface area (Å²) in [5, 5.41) is 12.5. The minimum atomic E-state index is -0.314. The maximum atomic E-state index is 12.4. The zero-order chi connectivity index (χ0) is 22.4. The number of benzene rings is 2. The zero-order valence-corrected chi connectivity index (χ0v) is 20.4. The van der Waals surface area contributed by atoms with Gasteiger partial charge in [0.05, 0.1) is 23.6 Å². The number of anilines is 1. The first-order valence-electron chi connectivity index (χ1n) is 9.52. The van der Waals surface area contributed by atoms with Gasteiger partial charge < -0.3 is 19.4 Å². The van der Waals surface area contributed by atoms with E-state index in [9.17, 15) is 4.79 Å². The molecule has 0 fully saturated rings. The number of aromatic nitrogens is 3. The number of halogens is 2. The highest BCUT2D eigenvalue weighted by Crippen LogP contribution is 2.28. The second kappa shape index (κ2) is 10.9. The van der Waals surface area contributed by atoms with Gasteiger partial charge in [-0.1, -0.05) is 39.3 Å². The van der Waals surface area contributed by atoms with Crippen LogP contribution in [0.4, 0.5) is 5.69 Å². The number of methoxy groups -OCH3 is 1. The number of carbonyl (C=O) groups is 1. The first kappa shape index (κ1) is 23.4. The second-order valence-corrected chi connectivity index (χ2v) is 8.75. The number of hydrogen-bond donors (Lipinski definition) is 1. The van der Waals surface area contributed by atoms with Gasteiger partial charge in [0.2, 0.25) is 5.91 Å². The quantitative estimate of drug-likeness (QED) is 0.367. The van der Waals surface area contributed by atoms with Crippen LogP contribution >= 0.6 is 39.3 Å². The van der Waals surface area contributed by atoms with Crippen molar-refractivity contribution in [3.8, 4) is 11.5 Å². The predicted molar refractivity (Wildman–Crippen MR) is 126 cm³/mol. The van der Waals surface area contributed by atoms with Crippen molar-refractivity contribution < 1.29 is 14.3 Å². The van der Waals surface area contributed by atoms with Gasteiger partial charge in [-0.15, -0.1) is 10.2 Å². The molecule has 0 aliphatic rings. The lowest BCUT2D eigenvalue weighted by Crippen LogP contribution is -2.15. The van der Waals surface area contributed by atoms with E-state index in [1.807, 2.05) is 48.7 Å². The normalized spacial score (nSPS) is 11.8. The fourth-order valence-electron chi connectivity index (χ4n) is 2.82. The molecule has 1 atom stereocenters. The fourth-order valence-corrected chi connectivity index (χ4v) is 4.35. The first-order chi connectivity index (χ1) is 14.9. The van der Waals surface area contributed by atoms with E-state index in [1.54, 1.807) is 19.2 Å². The third kappa shape index (κ3) is 6.15. The molecular formula is C21H22BrClN4O3S. The molecule has 1 amide bonds. The van der Waals surface area contributed by atoms with E-state index < -0.39 is 0 Å². The van der Waals surface area contributed by atoms with Gasteiger partial charge in [0.1, 0.15) is 11.5 Å². The molecule has 1 heterocycles. The lowest BCUT2D eigenvalue weighted by atomic mass is 10.3. The summed E-state index contributed by atoms with van der Waals surface area (Å²) in [5.74, 6) is 2.16.